The molecule has 1 atom stereocenters. The van der Waals surface area contributed by atoms with Gasteiger partial charge in [-0.3, -0.25) is 0 Å². The minimum absolute atomic E-state index is 0.256. The van der Waals surface area contributed by atoms with E-state index in [-0.39, 0.29) is 16.9 Å². The molecule has 0 N–H and O–H groups in total. The third kappa shape index (κ3) is 3.07. The molecule has 4 rings (SSSR count). The van der Waals surface area contributed by atoms with Crippen molar-refractivity contribution >= 4 is 5.65 Å². The summed E-state index contributed by atoms with van der Waals surface area (Å²) in [4.78, 5) is 4.22. The predicted octanol–water partition coefficient (Wildman–Crippen LogP) is 4.93. The molecule has 0 aliphatic heterocycles. The molecule has 0 bridgehead atoms. The van der Waals surface area contributed by atoms with E-state index in [1.807, 2.05) is 13.8 Å². The Morgan fingerprint density at radius 2 is 1.93 bits per heavy atom. The van der Waals surface area contributed by atoms with E-state index in [1.165, 1.54) is 22.7 Å². The number of benzene rings is 1. The third-order valence-electron chi connectivity index (χ3n) is 5.08. The van der Waals surface area contributed by atoms with Gasteiger partial charge in [0, 0.05) is 29.2 Å². The van der Waals surface area contributed by atoms with Crippen LogP contribution >= 0.6 is 0 Å². The van der Waals surface area contributed by atoms with E-state index in [0.29, 0.717) is 17.6 Å². The number of fused-ring (bicyclic) bond motifs is 3. The largest absolute Gasteiger partial charge is 0.393 e. The highest BCUT2D eigenvalue weighted by atomic mass is 19.4. The van der Waals surface area contributed by atoms with Crippen molar-refractivity contribution in [3.63, 3.8) is 0 Å². The van der Waals surface area contributed by atoms with Crippen molar-refractivity contribution < 1.29 is 22.0 Å². The van der Waals surface area contributed by atoms with Crippen molar-refractivity contribution in [2.24, 2.45) is 0 Å². The first-order valence-electron chi connectivity index (χ1n) is 8.45. The zero-order valence-electron chi connectivity index (χ0n) is 14.6. The molecule has 1 aliphatic carbocycles. The molecule has 0 fully saturated rings. The number of aromatic nitrogens is 3. The number of hydrogen-bond donors (Lipinski definition) is 0. The number of rotatable bonds is 2. The topological polar surface area (TPSA) is 30.2 Å². The molecular weight excluding hydrogens is 365 g/mol. The highest BCUT2D eigenvalue weighted by Crippen LogP contribution is 2.48. The van der Waals surface area contributed by atoms with E-state index in [4.69, 9.17) is 0 Å². The van der Waals surface area contributed by atoms with Crippen LogP contribution in [0.15, 0.2) is 30.5 Å². The van der Waals surface area contributed by atoms with Gasteiger partial charge in [-0.2, -0.15) is 17.6 Å². The molecular formula is C19H16F5N3. The van der Waals surface area contributed by atoms with E-state index in [2.05, 4.69) is 10.1 Å². The Morgan fingerprint density at radius 1 is 1.19 bits per heavy atom. The summed E-state index contributed by atoms with van der Waals surface area (Å²) in [6.45, 7) is 3.94. The monoisotopic (exact) mass is 381 g/mol. The van der Waals surface area contributed by atoms with Crippen molar-refractivity contribution in [1.29, 1.82) is 0 Å². The SMILES string of the molecule is CC1(C)CC(c2ccc(CC(F)(F)F)c(F)c2)c2cnc3cc(F)nn3c21. The van der Waals surface area contributed by atoms with E-state index in [9.17, 15) is 22.0 Å². The van der Waals surface area contributed by atoms with Crippen molar-refractivity contribution in [2.75, 3.05) is 0 Å². The fourth-order valence-corrected chi connectivity index (χ4v) is 4.01. The number of alkyl halides is 3. The molecule has 0 radical (unpaired) electrons. The molecule has 27 heavy (non-hydrogen) atoms. The Morgan fingerprint density at radius 3 is 2.59 bits per heavy atom. The Bertz CT molecular complexity index is 1040. The fraction of sp³-hybridized carbons (Fsp3) is 0.368. The lowest BCUT2D eigenvalue weighted by Gasteiger charge is -2.19. The molecule has 2 heterocycles. The zero-order chi connectivity index (χ0) is 19.6. The van der Waals surface area contributed by atoms with Crippen molar-refractivity contribution in [3.8, 4) is 0 Å². The molecule has 3 nitrogen and oxygen atoms in total. The summed E-state index contributed by atoms with van der Waals surface area (Å²) in [5, 5.41) is 3.87. The summed E-state index contributed by atoms with van der Waals surface area (Å²) in [5.74, 6) is -1.78. The number of nitrogens with zero attached hydrogens (tertiary/aromatic N) is 3. The van der Waals surface area contributed by atoms with E-state index >= 15 is 0 Å². The molecule has 0 spiro atoms. The molecule has 2 aromatic heterocycles. The Balaban J connectivity index is 1.79. The smallest absolute Gasteiger partial charge is 0.237 e. The van der Waals surface area contributed by atoms with Gasteiger partial charge >= 0.3 is 6.18 Å². The van der Waals surface area contributed by atoms with E-state index < -0.39 is 24.4 Å². The minimum Gasteiger partial charge on any atom is -0.237 e. The average Bonchev–Trinajstić information content (AvgIpc) is 3.04. The van der Waals surface area contributed by atoms with Crippen LogP contribution in [0.3, 0.4) is 0 Å². The van der Waals surface area contributed by atoms with Gasteiger partial charge in [0.1, 0.15) is 5.82 Å². The minimum atomic E-state index is -4.47. The van der Waals surface area contributed by atoms with Crippen LogP contribution in [0.5, 0.6) is 0 Å². The van der Waals surface area contributed by atoms with Gasteiger partial charge < -0.3 is 0 Å². The van der Waals surface area contributed by atoms with E-state index in [0.717, 1.165) is 17.3 Å². The summed E-state index contributed by atoms with van der Waals surface area (Å²) in [7, 11) is 0. The van der Waals surface area contributed by atoms with Crippen LogP contribution in [0.4, 0.5) is 22.0 Å². The van der Waals surface area contributed by atoms with Crippen molar-refractivity contribution in [3.05, 3.63) is 64.6 Å². The average molecular weight is 381 g/mol. The highest BCUT2D eigenvalue weighted by molar-refractivity contribution is 5.49. The van der Waals surface area contributed by atoms with Gasteiger partial charge in [0.2, 0.25) is 5.95 Å². The van der Waals surface area contributed by atoms with Gasteiger partial charge in [-0.15, -0.1) is 5.10 Å². The molecule has 1 aromatic carbocycles. The van der Waals surface area contributed by atoms with Crippen LogP contribution < -0.4 is 0 Å². The van der Waals surface area contributed by atoms with Crippen LogP contribution in [0.25, 0.3) is 5.65 Å². The first-order valence-corrected chi connectivity index (χ1v) is 8.45. The van der Waals surface area contributed by atoms with Crippen LogP contribution in [0, 0.1) is 11.8 Å². The molecule has 0 amide bonds. The quantitative estimate of drug-likeness (QED) is 0.590. The van der Waals surface area contributed by atoms with E-state index in [1.54, 1.807) is 6.20 Å². The second-order valence-electron chi connectivity index (χ2n) is 7.58. The number of hydrogen-bond acceptors (Lipinski definition) is 2. The third-order valence-corrected chi connectivity index (χ3v) is 5.08. The highest BCUT2D eigenvalue weighted by Gasteiger charge is 2.41. The molecule has 1 aliphatic rings. The molecule has 0 saturated heterocycles. The van der Waals surface area contributed by atoms with Gasteiger partial charge in [0.05, 0.1) is 12.1 Å². The molecule has 142 valence electrons. The maximum atomic E-state index is 14.3. The Hall–Kier alpha value is -2.51. The summed E-state index contributed by atoms with van der Waals surface area (Å²) in [5.41, 5.74) is 1.73. The maximum absolute atomic E-state index is 14.3. The van der Waals surface area contributed by atoms with Crippen molar-refractivity contribution in [1.82, 2.24) is 14.6 Å². The summed E-state index contributed by atoms with van der Waals surface area (Å²) in [6, 6.07) is 5.09. The van der Waals surface area contributed by atoms with Gasteiger partial charge in [0.25, 0.3) is 0 Å². The Kier molecular flexibility index (Phi) is 3.80. The first kappa shape index (κ1) is 17.9. The van der Waals surface area contributed by atoms with Crippen LogP contribution in [-0.2, 0) is 11.8 Å². The van der Waals surface area contributed by atoms with Crippen molar-refractivity contribution in [2.45, 2.75) is 44.2 Å². The van der Waals surface area contributed by atoms with Gasteiger partial charge in [-0.25, -0.2) is 13.9 Å². The predicted molar refractivity (Wildman–Crippen MR) is 88.6 cm³/mol. The fourth-order valence-electron chi connectivity index (χ4n) is 4.01. The molecule has 3 aromatic rings. The first-order chi connectivity index (χ1) is 12.5. The zero-order valence-corrected chi connectivity index (χ0v) is 14.6. The van der Waals surface area contributed by atoms with Gasteiger partial charge in [0.15, 0.2) is 5.65 Å². The second-order valence-corrected chi connectivity index (χ2v) is 7.58. The molecule has 8 heteroatoms. The second kappa shape index (κ2) is 5.74. The summed E-state index contributed by atoms with van der Waals surface area (Å²) in [6.07, 6.45) is -3.57. The van der Waals surface area contributed by atoms with Gasteiger partial charge in [-0.1, -0.05) is 26.0 Å². The summed E-state index contributed by atoms with van der Waals surface area (Å²) >= 11 is 0. The molecule has 0 saturated carbocycles. The standard InChI is InChI=1S/C19H16F5N3/c1-18(2)8-12(10-3-4-11(14(20)5-10)7-19(22,23)24)13-9-25-16-6-15(21)26-27(16)17(13)18/h3-6,9,12H,7-8H2,1-2H3. The lowest BCUT2D eigenvalue weighted by atomic mass is 9.86. The van der Waals surface area contributed by atoms with Gasteiger partial charge in [-0.05, 0) is 23.6 Å². The normalized spacial score (nSPS) is 18.9. The molecule has 1 unspecified atom stereocenters. The summed E-state index contributed by atoms with van der Waals surface area (Å²) < 4.78 is 67.0. The van der Waals surface area contributed by atoms with Crippen LogP contribution in [0.2, 0.25) is 0 Å². The lowest BCUT2D eigenvalue weighted by molar-refractivity contribution is -0.127. The Labute approximate surface area is 151 Å². The lowest BCUT2D eigenvalue weighted by Crippen LogP contribution is -2.17. The van der Waals surface area contributed by atoms with Crippen LogP contribution in [0.1, 0.15) is 48.6 Å². The van der Waals surface area contributed by atoms with Crippen LogP contribution in [-0.4, -0.2) is 20.8 Å². The number of halogens is 5. The maximum Gasteiger partial charge on any atom is 0.393 e.